The number of aromatic nitrogens is 1. The van der Waals surface area contributed by atoms with E-state index in [1.165, 1.54) is 0 Å². The van der Waals surface area contributed by atoms with Crippen LogP contribution < -0.4 is 11.5 Å². The first-order chi connectivity index (χ1) is 6.34. The lowest BCUT2D eigenvalue weighted by molar-refractivity contribution is 0.0913. The molecule has 0 aliphatic carbocycles. The van der Waals surface area contributed by atoms with E-state index < -0.39 is 5.54 Å². The Bertz CT molecular complexity index is 346. The van der Waals surface area contributed by atoms with Gasteiger partial charge in [-0.2, -0.15) is 0 Å². The SMILES string of the molecule is Cc1ccnc(N)c1C(=O)C(C)(C)N. The third-order valence-corrected chi connectivity index (χ3v) is 2.00. The van der Waals surface area contributed by atoms with Crippen molar-refractivity contribution in [3.63, 3.8) is 0 Å². The number of nitrogens with two attached hydrogens (primary N) is 2. The lowest BCUT2D eigenvalue weighted by atomic mass is 9.92. The number of Topliss-reactive ketones (excluding diaryl/α,β-unsaturated/α-hetero) is 1. The molecule has 1 aromatic rings. The number of nitrogens with zero attached hydrogens (tertiary/aromatic N) is 1. The van der Waals surface area contributed by atoms with Gasteiger partial charge in [0.1, 0.15) is 5.82 Å². The second kappa shape index (κ2) is 3.38. The fourth-order valence-electron chi connectivity index (χ4n) is 1.20. The molecule has 4 nitrogen and oxygen atoms in total. The van der Waals surface area contributed by atoms with E-state index in [4.69, 9.17) is 11.5 Å². The van der Waals surface area contributed by atoms with Gasteiger partial charge >= 0.3 is 0 Å². The standard InChI is InChI=1S/C10H15N3O/c1-6-4-5-13-9(11)7(6)8(14)10(2,3)12/h4-5H,12H2,1-3H3,(H2,11,13). The van der Waals surface area contributed by atoms with E-state index in [1.54, 1.807) is 26.1 Å². The molecule has 0 radical (unpaired) electrons. The molecule has 0 saturated heterocycles. The fraction of sp³-hybridized carbons (Fsp3) is 0.400. The molecule has 0 bridgehead atoms. The van der Waals surface area contributed by atoms with Gasteiger partial charge in [0.25, 0.3) is 0 Å². The van der Waals surface area contributed by atoms with Gasteiger partial charge in [0.05, 0.1) is 11.1 Å². The monoisotopic (exact) mass is 193 g/mol. The molecule has 0 spiro atoms. The van der Waals surface area contributed by atoms with Gasteiger partial charge in [0, 0.05) is 6.20 Å². The van der Waals surface area contributed by atoms with Gasteiger partial charge in [-0.3, -0.25) is 4.79 Å². The maximum absolute atomic E-state index is 11.9. The molecule has 0 aliphatic rings. The van der Waals surface area contributed by atoms with E-state index in [0.717, 1.165) is 5.56 Å². The van der Waals surface area contributed by atoms with Gasteiger partial charge in [-0.05, 0) is 32.4 Å². The molecule has 0 atom stereocenters. The number of carbonyl (C=O) groups excluding carboxylic acids is 1. The summed E-state index contributed by atoms with van der Waals surface area (Å²) in [5.74, 6) is 0.0640. The molecule has 1 aromatic heterocycles. The van der Waals surface area contributed by atoms with Gasteiger partial charge in [0.15, 0.2) is 5.78 Å². The van der Waals surface area contributed by atoms with Crippen LogP contribution in [0.15, 0.2) is 12.3 Å². The van der Waals surface area contributed by atoms with Crippen LogP contribution in [-0.4, -0.2) is 16.3 Å². The fourth-order valence-corrected chi connectivity index (χ4v) is 1.20. The number of ketones is 1. The van der Waals surface area contributed by atoms with Crippen molar-refractivity contribution in [3.8, 4) is 0 Å². The second-order valence-electron chi connectivity index (χ2n) is 3.94. The van der Waals surface area contributed by atoms with Gasteiger partial charge in [0.2, 0.25) is 0 Å². The zero-order chi connectivity index (χ0) is 10.9. The van der Waals surface area contributed by atoms with Crippen LogP contribution in [0.5, 0.6) is 0 Å². The summed E-state index contributed by atoms with van der Waals surface area (Å²) in [4.78, 5) is 15.7. The predicted molar refractivity (Wildman–Crippen MR) is 56.0 cm³/mol. The van der Waals surface area contributed by atoms with Crippen LogP contribution in [0.2, 0.25) is 0 Å². The Balaban J connectivity index is 3.26. The number of anilines is 1. The Morgan fingerprint density at radius 2 is 2.07 bits per heavy atom. The van der Waals surface area contributed by atoms with Crippen LogP contribution in [0.25, 0.3) is 0 Å². The molecule has 4 heteroatoms. The largest absolute Gasteiger partial charge is 0.383 e. The Hall–Kier alpha value is -1.42. The van der Waals surface area contributed by atoms with Crippen LogP contribution in [0.4, 0.5) is 5.82 Å². The normalized spacial score (nSPS) is 11.4. The average molecular weight is 193 g/mol. The van der Waals surface area contributed by atoms with Crippen molar-refractivity contribution < 1.29 is 4.79 Å². The van der Waals surface area contributed by atoms with E-state index in [1.807, 2.05) is 6.92 Å². The molecule has 0 unspecified atom stereocenters. The molecule has 1 heterocycles. The van der Waals surface area contributed by atoms with Crippen LogP contribution >= 0.6 is 0 Å². The second-order valence-corrected chi connectivity index (χ2v) is 3.94. The summed E-state index contributed by atoms with van der Waals surface area (Å²) in [6.45, 7) is 5.12. The molecular formula is C10H15N3O. The summed E-state index contributed by atoms with van der Waals surface area (Å²) < 4.78 is 0. The van der Waals surface area contributed by atoms with E-state index >= 15 is 0 Å². The molecule has 0 fully saturated rings. The third-order valence-electron chi connectivity index (χ3n) is 2.00. The number of aryl methyl sites for hydroxylation is 1. The molecule has 0 amide bonds. The summed E-state index contributed by atoms with van der Waals surface area (Å²) in [5.41, 5.74) is 11.7. The van der Waals surface area contributed by atoms with Crippen molar-refractivity contribution in [2.45, 2.75) is 26.3 Å². The van der Waals surface area contributed by atoms with Gasteiger partial charge in [-0.1, -0.05) is 0 Å². The maximum Gasteiger partial charge on any atom is 0.186 e. The van der Waals surface area contributed by atoms with Crippen LogP contribution in [0.3, 0.4) is 0 Å². The molecule has 14 heavy (non-hydrogen) atoms. The molecule has 4 N–H and O–H groups in total. The van der Waals surface area contributed by atoms with Crippen LogP contribution in [0, 0.1) is 6.92 Å². The zero-order valence-electron chi connectivity index (χ0n) is 8.66. The van der Waals surface area contributed by atoms with E-state index in [9.17, 15) is 4.79 Å². The molecule has 0 aromatic carbocycles. The highest BCUT2D eigenvalue weighted by Crippen LogP contribution is 2.18. The number of pyridine rings is 1. The number of nitrogen functional groups attached to an aromatic ring is 1. The number of rotatable bonds is 2. The lowest BCUT2D eigenvalue weighted by Crippen LogP contribution is -2.42. The zero-order valence-corrected chi connectivity index (χ0v) is 8.66. The Morgan fingerprint density at radius 1 is 1.50 bits per heavy atom. The van der Waals surface area contributed by atoms with Crippen LogP contribution in [0.1, 0.15) is 29.8 Å². The lowest BCUT2D eigenvalue weighted by Gasteiger charge is -2.18. The van der Waals surface area contributed by atoms with Crippen molar-refractivity contribution in [2.75, 3.05) is 5.73 Å². The van der Waals surface area contributed by atoms with Gasteiger partial charge in [-0.25, -0.2) is 4.98 Å². The summed E-state index contributed by atoms with van der Waals surface area (Å²) in [6, 6.07) is 1.75. The molecule has 1 rings (SSSR count). The minimum Gasteiger partial charge on any atom is -0.383 e. The van der Waals surface area contributed by atoms with E-state index in [-0.39, 0.29) is 11.6 Å². The van der Waals surface area contributed by atoms with E-state index in [0.29, 0.717) is 5.56 Å². The van der Waals surface area contributed by atoms with Crippen molar-refractivity contribution in [3.05, 3.63) is 23.4 Å². The minimum absolute atomic E-state index is 0.180. The first-order valence-electron chi connectivity index (χ1n) is 4.39. The molecule has 76 valence electrons. The highest BCUT2D eigenvalue weighted by molar-refractivity contribution is 6.06. The predicted octanol–water partition coefficient (Wildman–Crippen LogP) is 0.892. The van der Waals surface area contributed by atoms with E-state index in [2.05, 4.69) is 4.98 Å². The highest BCUT2D eigenvalue weighted by Gasteiger charge is 2.26. The van der Waals surface area contributed by atoms with Crippen molar-refractivity contribution in [2.24, 2.45) is 5.73 Å². The minimum atomic E-state index is -0.915. The van der Waals surface area contributed by atoms with Crippen molar-refractivity contribution in [1.29, 1.82) is 0 Å². The molecule has 0 saturated carbocycles. The number of hydrogen-bond donors (Lipinski definition) is 2. The summed E-state index contributed by atoms with van der Waals surface area (Å²) in [5, 5.41) is 0. The van der Waals surface area contributed by atoms with Gasteiger partial charge < -0.3 is 11.5 Å². The number of hydrogen-bond acceptors (Lipinski definition) is 4. The average Bonchev–Trinajstić information content (AvgIpc) is 2.01. The quantitative estimate of drug-likeness (QED) is 0.683. The molecular weight excluding hydrogens is 178 g/mol. The van der Waals surface area contributed by atoms with Crippen LogP contribution in [-0.2, 0) is 0 Å². The molecule has 0 aliphatic heterocycles. The highest BCUT2D eigenvalue weighted by atomic mass is 16.1. The summed E-state index contributed by atoms with van der Waals surface area (Å²) in [6.07, 6.45) is 1.57. The smallest absolute Gasteiger partial charge is 0.186 e. The van der Waals surface area contributed by atoms with Gasteiger partial charge in [-0.15, -0.1) is 0 Å². The van der Waals surface area contributed by atoms with Crippen molar-refractivity contribution >= 4 is 11.6 Å². The number of carbonyl (C=O) groups is 1. The first kappa shape index (κ1) is 10.7. The first-order valence-corrected chi connectivity index (χ1v) is 4.39. The summed E-state index contributed by atoms with van der Waals surface area (Å²) in [7, 11) is 0. The third kappa shape index (κ3) is 1.90. The maximum atomic E-state index is 11.9. The topological polar surface area (TPSA) is 82.0 Å². The Morgan fingerprint density at radius 3 is 2.50 bits per heavy atom. The Labute approximate surface area is 83.3 Å². The van der Waals surface area contributed by atoms with Crippen molar-refractivity contribution in [1.82, 2.24) is 4.98 Å². The Kier molecular flexibility index (Phi) is 2.57. The summed E-state index contributed by atoms with van der Waals surface area (Å²) >= 11 is 0.